The number of rotatable bonds is 3. The fraction of sp³-hybridized carbons (Fsp3) is 0.444. The van der Waals surface area contributed by atoms with Crippen LogP contribution in [0.2, 0.25) is 0 Å². The maximum atomic E-state index is 11.2. The minimum Gasteiger partial charge on any atom is -0.338 e. The summed E-state index contributed by atoms with van der Waals surface area (Å²) in [5.41, 5.74) is 0. The van der Waals surface area contributed by atoms with E-state index in [1.807, 2.05) is 6.08 Å². The summed E-state index contributed by atoms with van der Waals surface area (Å²) < 4.78 is 0. The molecule has 0 spiro atoms. The van der Waals surface area contributed by atoms with E-state index in [0.717, 1.165) is 6.54 Å². The van der Waals surface area contributed by atoms with Crippen molar-refractivity contribution < 1.29 is 4.79 Å². The summed E-state index contributed by atoms with van der Waals surface area (Å²) in [7, 11) is 0. The highest BCUT2D eigenvalue weighted by atomic mass is 16.2. The first-order chi connectivity index (χ1) is 5.27. The smallest absolute Gasteiger partial charge is 0.223 e. The molecule has 0 aliphatic carbocycles. The molecule has 1 amide bonds. The lowest BCUT2D eigenvalue weighted by molar-refractivity contribution is -0.127. The Labute approximate surface area is 67.2 Å². The van der Waals surface area contributed by atoms with Gasteiger partial charge in [0.25, 0.3) is 0 Å². The van der Waals surface area contributed by atoms with E-state index in [0.29, 0.717) is 18.9 Å². The number of carbonyl (C=O) groups excluding carboxylic acids is 1. The molecular weight excluding hydrogens is 138 g/mol. The number of nitrogens with zero attached hydrogens (tertiary/aromatic N) is 1. The van der Waals surface area contributed by atoms with Crippen molar-refractivity contribution in [3.05, 3.63) is 25.3 Å². The second-order valence-corrected chi connectivity index (χ2v) is 2.79. The van der Waals surface area contributed by atoms with Gasteiger partial charge in [-0.25, -0.2) is 0 Å². The second-order valence-electron chi connectivity index (χ2n) is 2.79. The molecule has 1 rings (SSSR count). The number of carbonyl (C=O) groups is 1. The number of hydrogen-bond donors (Lipinski definition) is 0. The molecule has 0 radical (unpaired) electrons. The first kappa shape index (κ1) is 8.05. The van der Waals surface area contributed by atoms with E-state index in [-0.39, 0.29) is 5.91 Å². The zero-order valence-electron chi connectivity index (χ0n) is 6.62. The van der Waals surface area contributed by atoms with Crippen LogP contribution < -0.4 is 0 Å². The van der Waals surface area contributed by atoms with E-state index < -0.39 is 0 Å². The third-order valence-corrected chi connectivity index (χ3v) is 1.93. The molecule has 0 aromatic carbocycles. The van der Waals surface area contributed by atoms with E-state index in [4.69, 9.17) is 0 Å². The van der Waals surface area contributed by atoms with Gasteiger partial charge in [-0.2, -0.15) is 0 Å². The summed E-state index contributed by atoms with van der Waals surface area (Å²) in [4.78, 5) is 13.0. The Morgan fingerprint density at radius 3 is 2.82 bits per heavy atom. The fourth-order valence-electron chi connectivity index (χ4n) is 1.29. The van der Waals surface area contributed by atoms with E-state index in [9.17, 15) is 4.79 Å². The highest BCUT2D eigenvalue weighted by Gasteiger charge is 2.25. The van der Waals surface area contributed by atoms with Crippen LogP contribution in [0, 0.1) is 5.92 Å². The zero-order chi connectivity index (χ0) is 8.27. The average Bonchev–Trinajstić information content (AvgIpc) is 2.33. The topological polar surface area (TPSA) is 20.3 Å². The summed E-state index contributed by atoms with van der Waals surface area (Å²) >= 11 is 0. The van der Waals surface area contributed by atoms with Crippen molar-refractivity contribution in [1.82, 2.24) is 4.90 Å². The zero-order valence-corrected chi connectivity index (χ0v) is 6.62. The molecule has 1 fully saturated rings. The van der Waals surface area contributed by atoms with Gasteiger partial charge in [0, 0.05) is 25.4 Å². The molecule has 1 aliphatic rings. The Morgan fingerprint density at radius 2 is 2.36 bits per heavy atom. The van der Waals surface area contributed by atoms with E-state index in [1.165, 1.54) is 0 Å². The van der Waals surface area contributed by atoms with Crippen LogP contribution in [0.15, 0.2) is 25.3 Å². The molecule has 11 heavy (non-hydrogen) atoms. The molecule has 1 aliphatic heterocycles. The van der Waals surface area contributed by atoms with Gasteiger partial charge >= 0.3 is 0 Å². The highest BCUT2D eigenvalue weighted by molar-refractivity contribution is 5.79. The van der Waals surface area contributed by atoms with Crippen LogP contribution >= 0.6 is 0 Å². The van der Waals surface area contributed by atoms with E-state index in [2.05, 4.69) is 13.2 Å². The highest BCUT2D eigenvalue weighted by Crippen LogP contribution is 2.17. The predicted octanol–water partition coefficient (Wildman–Crippen LogP) is 1.21. The molecule has 2 heteroatoms. The molecular formula is C9H13NO. The van der Waals surface area contributed by atoms with Crippen molar-refractivity contribution in [2.45, 2.75) is 6.42 Å². The molecule has 2 nitrogen and oxygen atoms in total. The van der Waals surface area contributed by atoms with Crippen molar-refractivity contribution in [3.63, 3.8) is 0 Å². The van der Waals surface area contributed by atoms with E-state index >= 15 is 0 Å². The van der Waals surface area contributed by atoms with Gasteiger partial charge in [0.05, 0.1) is 0 Å². The minimum absolute atomic E-state index is 0.217. The number of hydrogen-bond acceptors (Lipinski definition) is 1. The number of likely N-dealkylation sites (tertiary alicyclic amines) is 1. The Hall–Kier alpha value is -1.05. The summed E-state index contributed by atoms with van der Waals surface area (Å²) in [6, 6.07) is 0. The molecule has 0 aromatic heterocycles. The minimum atomic E-state index is 0.217. The maximum Gasteiger partial charge on any atom is 0.223 e. The van der Waals surface area contributed by atoms with Gasteiger partial charge in [-0.1, -0.05) is 12.2 Å². The van der Waals surface area contributed by atoms with Crippen molar-refractivity contribution >= 4 is 5.91 Å². The lowest BCUT2D eigenvalue weighted by atomic mass is 10.1. The van der Waals surface area contributed by atoms with Crippen molar-refractivity contribution in [3.8, 4) is 0 Å². The molecule has 1 unspecified atom stereocenters. The Kier molecular flexibility index (Phi) is 2.47. The normalized spacial score (nSPS) is 23.8. The van der Waals surface area contributed by atoms with Crippen LogP contribution in [0.4, 0.5) is 0 Å². The van der Waals surface area contributed by atoms with Gasteiger partial charge in [0.1, 0.15) is 0 Å². The summed E-state index contributed by atoms with van der Waals surface area (Å²) in [6.07, 6.45) is 4.22. The SMILES string of the molecule is C=CCN1CC(C=C)CC1=O. The Balaban J connectivity index is 2.50. The molecule has 1 atom stereocenters. The molecule has 60 valence electrons. The Bertz CT molecular complexity index is 186. The summed E-state index contributed by atoms with van der Waals surface area (Å²) in [5, 5.41) is 0. The first-order valence-corrected chi connectivity index (χ1v) is 3.79. The molecule has 0 aromatic rings. The van der Waals surface area contributed by atoms with Gasteiger partial charge in [-0.05, 0) is 0 Å². The molecule has 0 bridgehead atoms. The third kappa shape index (κ3) is 1.70. The van der Waals surface area contributed by atoms with Crippen LogP contribution in [0.5, 0.6) is 0 Å². The van der Waals surface area contributed by atoms with Gasteiger partial charge in [-0.15, -0.1) is 13.2 Å². The van der Waals surface area contributed by atoms with Crippen molar-refractivity contribution in [1.29, 1.82) is 0 Å². The Morgan fingerprint density at radius 1 is 1.64 bits per heavy atom. The fourth-order valence-corrected chi connectivity index (χ4v) is 1.29. The predicted molar refractivity (Wildman–Crippen MR) is 45.1 cm³/mol. The lowest BCUT2D eigenvalue weighted by Gasteiger charge is -2.12. The number of amides is 1. The van der Waals surface area contributed by atoms with E-state index in [1.54, 1.807) is 11.0 Å². The third-order valence-electron chi connectivity index (χ3n) is 1.93. The second kappa shape index (κ2) is 3.37. The molecule has 1 saturated heterocycles. The maximum absolute atomic E-state index is 11.2. The molecule has 1 heterocycles. The monoisotopic (exact) mass is 151 g/mol. The van der Waals surface area contributed by atoms with Gasteiger partial charge < -0.3 is 4.90 Å². The van der Waals surface area contributed by atoms with Crippen LogP contribution in [-0.2, 0) is 4.79 Å². The summed E-state index contributed by atoms with van der Waals surface area (Å²) in [5.74, 6) is 0.567. The summed E-state index contributed by atoms with van der Waals surface area (Å²) in [6.45, 7) is 8.74. The van der Waals surface area contributed by atoms with Gasteiger partial charge in [0.15, 0.2) is 0 Å². The van der Waals surface area contributed by atoms with Crippen LogP contribution in [0.3, 0.4) is 0 Å². The van der Waals surface area contributed by atoms with Gasteiger partial charge in [-0.3, -0.25) is 4.79 Å². The lowest BCUT2D eigenvalue weighted by Crippen LogP contribution is -2.24. The molecule has 0 saturated carbocycles. The van der Waals surface area contributed by atoms with Crippen LogP contribution in [-0.4, -0.2) is 23.9 Å². The van der Waals surface area contributed by atoms with Crippen LogP contribution in [0.1, 0.15) is 6.42 Å². The van der Waals surface area contributed by atoms with Crippen molar-refractivity contribution in [2.75, 3.05) is 13.1 Å². The van der Waals surface area contributed by atoms with Crippen molar-refractivity contribution in [2.24, 2.45) is 5.92 Å². The standard InChI is InChI=1S/C9H13NO/c1-3-5-10-7-8(4-2)6-9(10)11/h3-4,8H,1-2,5-7H2. The largest absolute Gasteiger partial charge is 0.338 e. The quantitative estimate of drug-likeness (QED) is 0.555. The van der Waals surface area contributed by atoms with Gasteiger partial charge in [0.2, 0.25) is 5.91 Å². The molecule has 0 N–H and O–H groups in total. The average molecular weight is 151 g/mol. The first-order valence-electron chi connectivity index (χ1n) is 3.79. The van der Waals surface area contributed by atoms with Crippen LogP contribution in [0.25, 0.3) is 0 Å².